The lowest BCUT2D eigenvalue weighted by Gasteiger charge is -2.22. The van der Waals surface area contributed by atoms with Crippen LogP contribution in [-0.2, 0) is 4.79 Å². The summed E-state index contributed by atoms with van der Waals surface area (Å²) < 4.78 is 6.55. The zero-order valence-corrected chi connectivity index (χ0v) is 18.3. The van der Waals surface area contributed by atoms with Gasteiger partial charge in [0.15, 0.2) is 0 Å². The highest BCUT2D eigenvalue weighted by atomic mass is 16.5. The van der Waals surface area contributed by atoms with Crippen LogP contribution in [-0.4, -0.2) is 11.1 Å². The number of hydrogen-bond donors (Lipinski definition) is 1. The van der Waals surface area contributed by atoms with Gasteiger partial charge in [0, 0.05) is 17.0 Å². The summed E-state index contributed by atoms with van der Waals surface area (Å²) >= 11 is 0. The van der Waals surface area contributed by atoms with Gasteiger partial charge in [-0.15, -0.1) is 0 Å². The van der Waals surface area contributed by atoms with Gasteiger partial charge in [-0.25, -0.2) is 4.79 Å². The maximum atomic E-state index is 10.8. The van der Waals surface area contributed by atoms with Crippen LogP contribution in [0.5, 0.6) is 11.5 Å². The van der Waals surface area contributed by atoms with E-state index < -0.39 is 5.97 Å². The molecule has 0 aliphatic carbocycles. The van der Waals surface area contributed by atoms with Gasteiger partial charge in [0.1, 0.15) is 11.5 Å². The molecule has 3 nitrogen and oxygen atoms in total. The summed E-state index contributed by atoms with van der Waals surface area (Å²) in [5.41, 5.74) is 4.33. The van der Waals surface area contributed by atoms with Crippen molar-refractivity contribution < 1.29 is 14.6 Å². The fourth-order valence-corrected chi connectivity index (χ4v) is 3.88. The van der Waals surface area contributed by atoms with E-state index in [2.05, 4.69) is 62.4 Å². The van der Waals surface area contributed by atoms with Crippen molar-refractivity contribution in [2.45, 2.75) is 26.2 Å². The van der Waals surface area contributed by atoms with Crippen molar-refractivity contribution in [3.8, 4) is 22.6 Å². The highest BCUT2D eigenvalue weighted by Crippen LogP contribution is 2.45. The molecule has 0 spiro atoms. The molecule has 0 aliphatic rings. The third kappa shape index (κ3) is 4.57. The Morgan fingerprint density at radius 1 is 0.969 bits per heavy atom. The molecule has 0 bridgehead atoms. The van der Waals surface area contributed by atoms with Crippen molar-refractivity contribution in [1.29, 1.82) is 0 Å². The van der Waals surface area contributed by atoms with Crippen molar-refractivity contribution >= 4 is 22.8 Å². The minimum atomic E-state index is -0.967. The smallest absolute Gasteiger partial charge is 0.328 e. The van der Waals surface area contributed by atoms with Crippen LogP contribution in [0.2, 0.25) is 0 Å². The zero-order chi connectivity index (χ0) is 22.5. The summed E-state index contributed by atoms with van der Waals surface area (Å²) in [4.78, 5) is 10.8. The lowest BCUT2D eigenvalue weighted by Crippen LogP contribution is -2.00. The maximum Gasteiger partial charge on any atom is 0.328 e. The van der Waals surface area contributed by atoms with Gasteiger partial charge >= 0.3 is 5.97 Å². The largest absolute Gasteiger partial charge is 0.478 e. The van der Waals surface area contributed by atoms with Crippen LogP contribution >= 0.6 is 0 Å². The van der Waals surface area contributed by atoms with Gasteiger partial charge < -0.3 is 9.84 Å². The fraction of sp³-hybridized carbons (Fsp3) is 0.138. The third-order valence-electron chi connectivity index (χ3n) is 5.76. The zero-order valence-electron chi connectivity index (χ0n) is 18.3. The minimum absolute atomic E-state index is 0.376. The summed E-state index contributed by atoms with van der Waals surface area (Å²) in [7, 11) is 0. The van der Waals surface area contributed by atoms with Crippen LogP contribution in [0.3, 0.4) is 0 Å². The first-order valence-corrected chi connectivity index (χ1v) is 10.9. The number of rotatable bonds is 7. The normalized spacial score (nSPS) is 12.2. The Bertz CT molecular complexity index is 1260. The predicted molar refractivity (Wildman–Crippen MR) is 131 cm³/mol. The molecule has 1 atom stereocenters. The Hall–Kier alpha value is -3.85. The number of aliphatic carboxylic acids is 1. The molecule has 0 radical (unpaired) electrons. The molecule has 4 rings (SSSR count). The van der Waals surface area contributed by atoms with Crippen molar-refractivity contribution in [3.05, 3.63) is 102 Å². The average Bonchev–Trinajstić information content (AvgIpc) is 2.83. The van der Waals surface area contributed by atoms with E-state index in [1.165, 1.54) is 5.56 Å². The first-order chi connectivity index (χ1) is 15.6. The first-order valence-electron chi connectivity index (χ1n) is 10.9. The molecule has 4 aromatic carbocycles. The predicted octanol–water partition coefficient (Wildman–Crippen LogP) is 7.91. The molecule has 32 heavy (non-hydrogen) atoms. The summed E-state index contributed by atoms with van der Waals surface area (Å²) in [6, 6.07) is 28.5. The van der Waals surface area contributed by atoms with E-state index in [9.17, 15) is 4.79 Å². The third-order valence-corrected chi connectivity index (χ3v) is 5.76. The van der Waals surface area contributed by atoms with Gasteiger partial charge in [0.05, 0.1) is 0 Å². The second-order valence-corrected chi connectivity index (χ2v) is 7.91. The monoisotopic (exact) mass is 422 g/mol. The Balaban J connectivity index is 1.88. The summed E-state index contributed by atoms with van der Waals surface area (Å²) in [5.74, 6) is 0.964. The SMILES string of the molecule is CCC(C)c1cc2ccccc2c(Oc2ccc(/C=C/C(=O)O)cc2)c1-c1ccccc1. The molecule has 1 N–H and O–H groups in total. The van der Waals surface area contributed by atoms with Crippen molar-refractivity contribution in [3.63, 3.8) is 0 Å². The number of hydrogen-bond acceptors (Lipinski definition) is 2. The Morgan fingerprint density at radius 3 is 2.34 bits per heavy atom. The van der Waals surface area contributed by atoms with Crippen LogP contribution in [0, 0.1) is 0 Å². The van der Waals surface area contributed by atoms with Crippen molar-refractivity contribution in [2.75, 3.05) is 0 Å². The van der Waals surface area contributed by atoms with Gasteiger partial charge in [-0.05, 0) is 58.7 Å². The van der Waals surface area contributed by atoms with E-state index in [0.29, 0.717) is 11.7 Å². The molecule has 1 unspecified atom stereocenters. The van der Waals surface area contributed by atoms with Crippen LogP contribution in [0.1, 0.15) is 37.3 Å². The number of carboxylic acids is 1. The summed E-state index contributed by atoms with van der Waals surface area (Å²) in [6.07, 6.45) is 3.73. The Kier molecular flexibility index (Phi) is 6.37. The van der Waals surface area contributed by atoms with Crippen molar-refractivity contribution in [1.82, 2.24) is 0 Å². The second kappa shape index (κ2) is 9.52. The van der Waals surface area contributed by atoms with Crippen LogP contribution < -0.4 is 4.74 Å². The van der Waals surface area contributed by atoms with Crippen LogP contribution in [0.4, 0.5) is 0 Å². The van der Waals surface area contributed by atoms with Crippen LogP contribution in [0.15, 0.2) is 91.0 Å². The van der Waals surface area contributed by atoms with Gasteiger partial charge in [-0.3, -0.25) is 0 Å². The molecule has 0 saturated heterocycles. The quantitative estimate of drug-likeness (QED) is 0.308. The highest BCUT2D eigenvalue weighted by molar-refractivity contribution is 5.97. The molecule has 3 heteroatoms. The van der Waals surface area contributed by atoms with Gasteiger partial charge in [0.25, 0.3) is 0 Å². The summed E-state index contributed by atoms with van der Waals surface area (Å²) in [5, 5.41) is 11.1. The molecule has 160 valence electrons. The number of carboxylic acid groups (broad SMARTS) is 1. The Morgan fingerprint density at radius 2 is 1.66 bits per heavy atom. The molecular weight excluding hydrogens is 396 g/mol. The second-order valence-electron chi connectivity index (χ2n) is 7.91. The topological polar surface area (TPSA) is 46.5 Å². The molecule has 4 aromatic rings. The maximum absolute atomic E-state index is 10.8. The molecule has 0 amide bonds. The average molecular weight is 423 g/mol. The standard InChI is InChI=1S/C29H26O3/c1-3-20(2)26-19-23-11-7-8-12-25(23)29(28(26)22-9-5-4-6-10-22)32-24-16-13-21(14-17-24)15-18-27(30)31/h4-20H,3H2,1-2H3,(H,30,31)/b18-15+. The summed E-state index contributed by atoms with van der Waals surface area (Å²) in [6.45, 7) is 4.46. The number of carbonyl (C=O) groups is 1. The van der Waals surface area contributed by atoms with Gasteiger partial charge in [0.2, 0.25) is 0 Å². The lowest BCUT2D eigenvalue weighted by molar-refractivity contribution is -0.131. The Labute approximate surface area is 188 Å². The van der Waals surface area contributed by atoms with E-state index in [1.54, 1.807) is 6.08 Å². The number of benzene rings is 4. The lowest BCUT2D eigenvalue weighted by atomic mass is 9.87. The van der Waals surface area contributed by atoms with Gasteiger partial charge in [-0.2, -0.15) is 0 Å². The minimum Gasteiger partial charge on any atom is -0.478 e. The number of ether oxygens (including phenoxy) is 1. The van der Waals surface area contributed by atoms with E-state index in [-0.39, 0.29) is 0 Å². The molecule has 0 aliphatic heterocycles. The van der Waals surface area contributed by atoms with E-state index in [4.69, 9.17) is 9.84 Å². The van der Waals surface area contributed by atoms with E-state index in [0.717, 1.165) is 45.7 Å². The van der Waals surface area contributed by atoms with Gasteiger partial charge in [-0.1, -0.05) is 80.6 Å². The molecular formula is C29H26O3. The molecule has 0 saturated carbocycles. The van der Waals surface area contributed by atoms with Crippen molar-refractivity contribution in [2.24, 2.45) is 0 Å². The van der Waals surface area contributed by atoms with E-state index >= 15 is 0 Å². The molecule has 0 aromatic heterocycles. The highest BCUT2D eigenvalue weighted by Gasteiger charge is 2.20. The molecule has 0 heterocycles. The van der Waals surface area contributed by atoms with E-state index in [1.807, 2.05) is 36.4 Å². The van der Waals surface area contributed by atoms with Crippen LogP contribution in [0.25, 0.3) is 28.0 Å². The number of fused-ring (bicyclic) bond motifs is 1. The molecule has 0 fully saturated rings. The first kappa shape index (κ1) is 21.4. The fourth-order valence-electron chi connectivity index (χ4n) is 3.88.